The highest BCUT2D eigenvalue weighted by molar-refractivity contribution is 5.92. The topological polar surface area (TPSA) is 76.2 Å². The number of hydrogen-bond acceptors (Lipinski definition) is 5. The number of carbonyl (C=O) groups is 1. The lowest BCUT2D eigenvalue weighted by Gasteiger charge is -2.23. The van der Waals surface area contributed by atoms with Gasteiger partial charge in [-0.15, -0.1) is 0 Å². The maximum atomic E-state index is 13.8. The molecule has 1 aliphatic heterocycles. The average molecular weight is 321 g/mol. The first-order valence-corrected chi connectivity index (χ1v) is 7.57. The van der Waals surface area contributed by atoms with Gasteiger partial charge in [-0.1, -0.05) is 0 Å². The van der Waals surface area contributed by atoms with Gasteiger partial charge in [0.2, 0.25) is 5.76 Å². The van der Waals surface area contributed by atoms with E-state index in [1.807, 2.05) is 22.7 Å². The predicted molar refractivity (Wildman–Crippen MR) is 80.5 cm³/mol. The monoisotopic (exact) mass is 321 g/mol. The molecule has 1 fully saturated rings. The fraction of sp³-hybridized carbons (Fsp3) is 0.533. The van der Waals surface area contributed by atoms with Crippen LogP contribution >= 0.6 is 0 Å². The minimum absolute atomic E-state index is 0.0612. The maximum Gasteiger partial charge on any atom is 0.289 e. The number of aromatic nitrogens is 3. The molecular formula is C15H20FN5O2. The molecule has 3 rings (SSSR count). The Morgan fingerprint density at radius 1 is 1.52 bits per heavy atom. The van der Waals surface area contributed by atoms with E-state index in [2.05, 4.69) is 15.3 Å². The van der Waals surface area contributed by atoms with Gasteiger partial charge in [0.15, 0.2) is 6.39 Å². The molecule has 0 radical (unpaired) electrons. The number of amides is 1. The fourth-order valence-corrected chi connectivity index (χ4v) is 2.87. The Hall–Kier alpha value is -2.22. The van der Waals surface area contributed by atoms with E-state index in [9.17, 15) is 9.18 Å². The zero-order valence-electron chi connectivity index (χ0n) is 13.2. The first-order valence-electron chi connectivity index (χ1n) is 7.57. The second-order valence-corrected chi connectivity index (χ2v) is 5.85. The summed E-state index contributed by atoms with van der Waals surface area (Å²) in [5, 5.41) is 2.80. The third-order valence-electron chi connectivity index (χ3n) is 4.19. The number of oxazole rings is 1. The number of halogens is 1. The number of hydrogen-bond donors (Lipinski definition) is 1. The van der Waals surface area contributed by atoms with Crippen LogP contribution in [-0.4, -0.2) is 50.6 Å². The molecule has 0 aromatic carbocycles. The van der Waals surface area contributed by atoms with Crippen LogP contribution < -0.4 is 5.32 Å². The third-order valence-corrected chi connectivity index (χ3v) is 4.19. The molecular weight excluding hydrogens is 301 g/mol. The smallest absolute Gasteiger partial charge is 0.289 e. The molecule has 0 bridgehead atoms. The molecule has 1 amide bonds. The van der Waals surface area contributed by atoms with Crippen molar-refractivity contribution in [2.75, 3.05) is 13.1 Å². The minimum Gasteiger partial charge on any atom is -0.438 e. The van der Waals surface area contributed by atoms with E-state index >= 15 is 0 Å². The van der Waals surface area contributed by atoms with Crippen LogP contribution in [0.1, 0.15) is 28.5 Å². The first-order chi connectivity index (χ1) is 11.0. The quantitative estimate of drug-likeness (QED) is 0.891. The highest BCUT2D eigenvalue weighted by Gasteiger charge is 2.33. The molecule has 0 spiro atoms. The largest absolute Gasteiger partial charge is 0.438 e. The van der Waals surface area contributed by atoms with Gasteiger partial charge in [-0.05, 0) is 13.3 Å². The van der Waals surface area contributed by atoms with Gasteiger partial charge in [-0.3, -0.25) is 9.69 Å². The van der Waals surface area contributed by atoms with Crippen molar-refractivity contribution in [3.63, 3.8) is 0 Å². The van der Waals surface area contributed by atoms with Gasteiger partial charge in [0.1, 0.15) is 12.0 Å². The van der Waals surface area contributed by atoms with Gasteiger partial charge in [-0.2, -0.15) is 0 Å². The first kappa shape index (κ1) is 15.7. The SMILES string of the molecule is Cc1ncoc1C(=O)NC[C@@H]1C[C@H](F)CN1Cc1nccn1C. The van der Waals surface area contributed by atoms with Crippen LogP contribution in [0.3, 0.4) is 0 Å². The van der Waals surface area contributed by atoms with Crippen LogP contribution in [0.25, 0.3) is 0 Å². The van der Waals surface area contributed by atoms with Crippen molar-refractivity contribution in [3.8, 4) is 0 Å². The third kappa shape index (κ3) is 3.42. The average Bonchev–Trinajstić information content (AvgIpc) is 3.19. The normalized spacial score (nSPS) is 21.7. The summed E-state index contributed by atoms with van der Waals surface area (Å²) in [7, 11) is 1.91. The molecule has 8 heteroatoms. The van der Waals surface area contributed by atoms with E-state index < -0.39 is 6.17 Å². The Morgan fingerprint density at radius 2 is 2.35 bits per heavy atom. The summed E-state index contributed by atoms with van der Waals surface area (Å²) < 4.78 is 20.8. The van der Waals surface area contributed by atoms with Crippen molar-refractivity contribution >= 4 is 5.91 Å². The Labute approximate surface area is 133 Å². The highest BCUT2D eigenvalue weighted by Crippen LogP contribution is 2.22. The van der Waals surface area contributed by atoms with E-state index in [1.54, 1.807) is 13.1 Å². The lowest BCUT2D eigenvalue weighted by atomic mass is 10.2. The van der Waals surface area contributed by atoms with Gasteiger partial charge in [0.25, 0.3) is 5.91 Å². The Balaban J connectivity index is 1.60. The second-order valence-electron chi connectivity index (χ2n) is 5.85. The summed E-state index contributed by atoms with van der Waals surface area (Å²) in [5.41, 5.74) is 0.544. The summed E-state index contributed by atoms with van der Waals surface area (Å²) in [4.78, 5) is 22.3. The van der Waals surface area contributed by atoms with Gasteiger partial charge in [-0.25, -0.2) is 14.4 Å². The van der Waals surface area contributed by atoms with Crippen LogP contribution in [0.15, 0.2) is 23.2 Å². The van der Waals surface area contributed by atoms with Crippen molar-refractivity contribution in [2.24, 2.45) is 7.05 Å². The van der Waals surface area contributed by atoms with E-state index in [0.717, 1.165) is 5.82 Å². The predicted octanol–water partition coefficient (Wildman–Crippen LogP) is 1.06. The van der Waals surface area contributed by atoms with Crippen molar-refractivity contribution in [1.82, 2.24) is 24.8 Å². The molecule has 3 heterocycles. The minimum atomic E-state index is -0.885. The van der Waals surface area contributed by atoms with Gasteiger partial charge < -0.3 is 14.3 Å². The number of nitrogens with zero attached hydrogens (tertiary/aromatic N) is 4. The molecule has 2 atom stereocenters. The molecule has 7 nitrogen and oxygen atoms in total. The molecule has 0 aliphatic carbocycles. The number of nitrogens with one attached hydrogen (secondary N) is 1. The molecule has 1 aliphatic rings. The lowest BCUT2D eigenvalue weighted by Crippen LogP contribution is -2.40. The highest BCUT2D eigenvalue weighted by atomic mass is 19.1. The maximum absolute atomic E-state index is 13.8. The van der Waals surface area contributed by atoms with Crippen LogP contribution in [0.4, 0.5) is 4.39 Å². The zero-order chi connectivity index (χ0) is 16.4. The van der Waals surface area contributed by atoms with Crippen molar-refractivity contribution < 1.29 is 13.6 Å². The Bertz CT molecular complexity index is 683. The van der Waals surface area contributed by atoms with Crippen LogP contribution in [0.5, 0.6) is 0 Å². The Kier molecular flexibility index (Phi) is 4.42. The van der Waals surface area contributed by atoms with Crippen molar-refractivity contribution in [2.45, 2.75) is 32.1 Å². The standard InChI is InChI=1S/C15H20FN5O2/c1-10-14(23-9-19-10)15(22)18-6-12-5-11(16)7-21(12)8-13-17-3-4-20(13)2/h3-4,9,11-12H,5-8H2,1-2H3,(H,18,22)/t11-,12-/m0/s1. The van der Waals surface area contributed by atoms with Gasteiger partial charge in [0.05, 0.1) is 12.2 Å². The Morgan fingerprint density at radius 3 is 3.00 bits per heavy atom. The number of alkyl halides is 1. The molecule has 2 aromatic heterocycles. The summed E-state index contributed by atoms with van der Waals surface area (Å²) >= 11 is 0. The fourth-order valence-electron chi connectivity index (χ4n) is 2.87. The lowest BCUT2D eigenvalue weighted by molar-refractivity contribution is 0.0910. The number of aryl methyl sites for hydroxylation is 2. The van der Waals surface area contributed by atoms with Crippen molar-refractivity contribution in [1.29, 1.82) is 0 Å². The number of imidazole rings is 1. The molecule has 2 aromatic rings. The van der Waals surface area contributed by atoms with Crippen LogP contribution in [0, 0.1) is 6.92 Å². The number of likely N-dealkylation sites (tertiary alicyclic amines) is 1. The van der Waals surface area contributed by atoms with E-state index in [4.69, 9.17) is 4.42 Å². The van der Waals surface area contributed by atoms with Crippen LogP contribution in [-0.2, 0) is 13.6 Å². The van der Waals surface area contributed by atoms with E-state index in [1.165, 1.54) is 6.39 Å². The summed E-state index contributed by atoms with van der Waals surface area (Å²) in [6.45, 7) is 2.99. The molecule has 1 saturated heterocycles. The van der Waals surface area contributed by atoms with Gasteiger partial charge >= 0.3 is 0 Å². The van der Waals surface area contributed by atoms with Gasteiger partial charge in [0, 0.05) is 38.6 Å². The molecule has 23 heavy (non-hydrogen) atoms. The van der Waals surface area contributed by atoms with E-state index in [0.29, 0.717) is 31.7 Å². The van der Waals surface area contributed by atoms with E-state index in [-0.39, 0.29) is 17.7 Å². The zero-order valence-corrected chi connectivity index (χ0v) is 13.2. The summed E-state index contributed by atoms with van der Waals surface area (Å²) in [6.07, 6.45) is 4.35. The summed E-state index contributed by atoms with van der Waals surface area (Å²) in [6, 6.07) is -0.0612. The summed E-state index contributed by atoms with van der Waals surface area (Å²) in [5.74, 6) is 0.760. The molecule has 0 unspecified atom stereocenters. The number of carbonyl (C=O) groups excluding carboxylic acids is 1. The molecule has 124 valence electrons. The van der Waals surface area contributed by atoms with Crippen molar-refractivity contribution in [3.05, 3.63) is 36.1 Å². The number of rotatable bonds is 5. The molecule has 1 N–H and O–H groups in total. The van der Waals surface area contributed by atoms with Crippen LogP contribution in [0.2, 0.25) is 0 Å². The molecule has 0 saturated carbocycles. The second kappa shape index (κ2) is 6.49.